The Hall–Kier alpha value is -0.733. The largest absolute Gasteiger partial charge is 0.461 e. The van der Waals surface area contributed by atoms with Crippen LogP contribution in [0.1, 0.15) is 65.7 Å². The smallest absolute Gasteiger partial charge is 0.309 e. The third-order valence-corrected chi connectivity index (χ3v) is 12.7. The lowest BCUT2D eigenvalue weighted by Gasteiger charge is -2.50. The zero-order valence-corrected chi connectivity index (χ0v) is 21.1. The van der Waals surface area contributed by atoms with E-state index in [4.69, 9.17) is 23.4 Å². The summed E-state index contributed by atoms with van der Waals surface area (Å²) in [5.74, 6) is 0.130. The molecule has 3 fully saturated rings. The van der Waals surface area contributed by atoms with Crippen LogP contribution in [0.5, 0.6) is 0 Å². The summed E-state index contributed by atoms with van der Waals surface area (Å²) in [7, 11) is -0.451. The lowest BCUT2D eigenvalue weighted by atomic mass is 9.79. The number of esters is 1. The predicted molar refractivity (Wildman–Crippen MR) is 120 cm³/mol. The number of rotatable bonds is 6. The van der Waals surface area contributed by atoms with E-state index in [0.717, 1.165) is 37.7 Å². The molecular weight excluding hydrogens is 412 g/mol. The molecule has 0 aromatic rings. The Morgan fingerprint density at radius 3 is 2.55 bits per heavy atom. The van der Waals surface area contributed by atoms with Gasteiger partial charge in [0.25, 0.3) is 0 Å². The van der Waals surface area contributed by atoms with E-state index in [1.54, 1.807) is 7.11 Å². The summed E-state index contributed by atoms with van der Waals surface area (Å²) in [5, 5.41) is 0.0598. The minimum Gasteiger partial charge on any atom is -0.461 e. The molecule has 1 saturated carbocycles. The molecule has 0 amide bonds. The Kier molecular flexibility index (Phi) is 6.47. The van der Waals surface area contributed by atoms with Crippen LogP contribution in [-0.2, 0) is 28.2 Å². The zero-order chi connectivity index (χ0) is 22.4. The molecule has 2 heterocycles. The lowest BCUT2D eigenvalue weighted by Crippen LogP contribution is -2.60. The van der Waals surface area contributed by atoms with E-state index in [1.165, 1.54) is 6.42 Å². The highest BCUT2D eigenvalue weighted by molar-refractivity contribution is 6.74. The summed E-state index contributed by atoms with van der Waals surface area (Å²) >= 11 is 0. The Morgan fingerprint density at radius 1 is 1.19 bits per heavy atom. The molecule has 4 aliphatic rings. The number of carbonyl (C=O) groups is 1. The molecule has 0 N–H and O–H groups in total. The van der Waals surface area contributed by atoms with Crippen LogP contribution in [0.2, 0.25) is 18.1 Å². The molecule has 31 heavy (non-hydrogen) atoms. The van der Waals surface area contributed by atoms with Crippen molar-refractivity contribution in [3.05, 3.63) is 11.6 Å². The van der Waals surface area contributed by atoms with Gasteiger partial charge in [0.05, 0.1) is 12.0 Å². The van der Waals surface area contributed by atoms with Crippen molar-refractivity contribution in [2.24, 2.45) is 11.8 Å². The Morgan fingerprint density at radius 2 is 1.90 bits per heavy atom. The number of carbonyl (C=O) groups excluding carboxylic acids is 1. The maximum absolute atomic E-state index is 12.7. The van der Waals surface area contributed by atoms with E-state index in [9.17, 15) is 4.79 Å². The van der Waals surface area contributed by atoms with Crippen LogP contribution in [-0.4, -0.2) is 52.3 Å². The highest BCUT2D eigenvalue weighted by Gasteiger charge is 2.64. The van der Waals surface area contributed by atoms with E-state index in [-0.39, 0.29) is 35.2 Å². The highest BCUT2D eigenvalue weighted by atomic mass is 28.4. The Labute approximate surface area is 188 Å². The Balaban J connectivity index is 1.54. The lowest BCUT2D eigenvalue weighted by molar-refractivity contribution is -0.261. The summed E-state index contributed by atoms with van der Waals surface area (Å²) in [4.78, 5) is 12.7. The summed E-state index contributed by atoms with van der Waals surface area (Å²) in [6.45, 7) is 11.6. The first kappa shape index (κ1) is 23.4. The van der Waals surface area contributed by atoms with E-state index in [1.807, 2.05) is 0 Å². The Bertz CT molecular complexity index is 707. The van der Waals surface area contributed by atoms with Crippen molar-refractivity contribution < 1.29 is 28.2 Å². The molecule has 5 atom stereocenters. The molecule has 7 heteroatoms. The van der Waals surface area contributed by atoms with Gasteiger partial charge < -0.3 is 23.4 Å². The summed E-state index contributed by atoms with van der Waals surface area (Å²) < 4.78 is 31.0. The molecule has 4 rings (SSSR count). The molecule has 0 unspecified atom stereocenters. The van der Waals surface area contributed by atoms with Crippen molar-refractivity contribution in [3.63, 3.8) is 0 Å². The van der Waals surface area contributed by atoms with Crippen LogP contribution >= 0.6 is 0 Å². The molecular formula is C24H40O6Si. The standard InChI is InChI=1S/C24H40O6Si/c1-23(2,3)31(5,6)30-24-14-20(26-4)29-22(24)28-18-12-17(19(24)13-18)15-27-21(25)16-10-8-7-9-11-16/h12,16,18-20,22H,7-11,13-15H2,1-6H3/t18-,19-,20+,22-,24+/m1/s1. The fourth-order valence-corrected chi connectivity index (χ4v) is 6.95. The quantitative estimate of drug-likeness (QED) is 0.323. The van der Waals surface area contributed by atoms with Crippen molar-refractivity contribution in [2.75, 3.05) is 13.7 Å². The van der Waals surface area contributed by atoms with Crippen LogP contribution in [0.3, 0.4) is 0 Å². The van der Waals surface area contributed by atoms with Crippen LogP contribution in [0.25, 0.3) is 0 Å². The van der Waals surface area contributed by atoms with Crippen LogP contribution in [0, 0.1) is 11.8 Å². The van der Waals surface area contributed by atoms with Crippen LogP contribution in [0.4, 0.5) is 0 Å². The molecule has 0 aromatic carbocycles. The van der Waals surface area contributed by atoms with Crippen molar-refractivity contribution in [3.8, 4) is 0 Å². The summed E-state index contributed by atoms with van der Waals surface area (Å²) in [6, 6.07) is 0. The maximum Gasteiger partial charge on any atom is 0.309 e. The second kappa shape index (κ2) is 8.56. The second-order valence-corrected chi connectivity index (χ2v) is 16.0. The number of methoxy groups -OCH3 is 1. The first-order chi connectivity index (χ1) is 14.6. The van der Waals surface area contributed by atoms with Crippen LogP contribution < -0.4 is 0 Å². The topological polar surface area (TPSA) is 63.2 Å². The SMILES string of the molecule is CO[C@@H]1C[C@@]2(O[Si](C)(C)C(C)(C)C)[C@@H](O1)O[C@@H]1C=C(COC(=O)C3CCCCC3)[C@H]2C1. The maximum atomic E-state index is 12.7. The van der Waals surface area contributed by atoms with Gasteiger partial charge in [-0.2, -0.15) is 0 Å². The predicted octanol–water partition coefficient (Wildman–Crippen LogP) is 4.93. The molecule has 0 spiro atoms. The molecule has 0 radical (unpaired) electrons. The molecule has 2 aliphatic carbocycles. The zero-order valence-electron chi connectivity index (χ0n) is 20.1. The second-order valence-electron chi connectivity index (χ2n) is 11.3. The van der Waals surface area contributed by atoms with Crippen molar-refractivity contribution in [2.45, 2.75) is 108 Å². The van der Waals surface area contributed by atoms with Gasteiger partial charge in [-0.15, -0.1) is 0 Å². The highest BCUT2D eigenvalue weighted by Crippen LogP contribution is 2.55. The summed E-state index contributed by atoms with van der Waals surface area (Å²) in [6.07, 6.45) is 8.18. The van der Waals surface area contributed by atoms with Gasteiger partial charge in [0.1, 0.15) is 12.2 Å². The molecule has 6 nitrogen and oxygen atoms in total. The average molecular weight is 453 g/mol. The number of ether oxygens (including phenoxy) is 4. The normalized spacial score (nSPS) is 36.3. The van der Waals surface area contributed by atoms with E-state index in [0.29, 0.717) is 13.0 Å². The van der Waals surface area contributed by atoms with Gasteiger partial charge in [0, 0.05) is 19.4 Å². The van der Waals surface area contributed by atoms with E-state index < -0.39 is 20.2 Å². The van der Waals surface area contributed by atoms with Gasteiger partial charge in [-0.3, -0.25) is 4.79 Å². The average Bonchev–Trinajstić information content (AvgIpc) is 3.26. The van der Waals surface area contributed by atoms with Gasteiger partial charge in [0.15, 0.2) is 20.9 Å². The first-order valence-electron chi connectivity index (χ1n) is 12.0. The van der Waals surface area contributed by atoms with Gasteiger partial charge >= 0.3 is 5.97 Å². The third-order valence-electron chi connectivity index (χ3n) is 8.20. The molecule has 2 aliphatic heterocycles. The minimum absolute atomic E-state index is 0.0230. The van der Waals surface area contributed by atoms with Gasteiger partial charge in [-0.1, -0.05) is 46.1 Å². The minimum atomic E-state index is -2.12. The van der Waals surface area contributed by atoms with Crippen molar-refractivity contribution >= 4 is 14.3 Å². The number of fused-ring (bicyclic) bond motifs is 4. The fourth-order valence-electron chi connectivity index (χ4n) is 5.37. The van der Waals surface area contributed by atoms with E-state index >= 15 is 0 Å². The van der Waals surface area contributed by atoms with E-state index in [2.05, 4.69) is 39.9 Å². The molecule has 176 valence electrons. The number of hydrogen-bond donors (Lipinski definition) is 0. The first-order valence-corrected chi connectivity index (χ1v) is 14.9. The summed E-state index contributed by atoms with van der Waals surface area (Å²) in [5.41, 5.74) is 0.524. The molecule has 2 saturated heterocycles. The van der Waals surface area contributed by atoms with Crippen molar-refractivity contribution in [1.29, 1.82) is 0 Å². The molecule has 2 bridgehead atoms. The molecule has 0 aromatic heterocycles. The van der Waals surface area contributed by atoms with Gasteiger partial charge in [-0.05, 0) is 43.0 Å². The van der Waals surface area contributed by atoms with Crippen molar-refractivity contribution in [1.82, 2.24) is 0 Å². The monoisotopic (exact) mass is 452 g/mol. The third kappa shape index (κ3) is 4.41. The van der Waals surface area contributed by atoms with Crippen LogP contribution in [0.15, 0.2) is 11.6 Å². The van der Waals surface area contributed by atoms with Gasteiger partial charge in [-0.25, -0.2) is 0 Å². The fraction of sp³-hybridized carbons (Fsp3) is 0.875. The number of hydrogen-bond acceptors (Lipinski definition) is 6. The van der Waals surface area contributed by atoms with Gasteiger partial charge in [0.2, 0.25) is 0 Å².